The first-order valence-corrected chi connectivity index (χ1v) is 12.6. The van der Waals surface area contributed by atoms with Gasteiger partial charge >= 0.3 is 0 Å². The summed E-state index contributed by atoms with van der Waals surface area (Å²) in [6.07, 6.45) is 8.50. The second-order valence-corrected chi connectivity index (χ2v) is 10.8. The molecule has 4 aromatic rings. The van der Waals surface area contributed by atoms with Gasteiger partial charge < -0.3 is 0 Å². The summed E-state index contributed by atoms with van der Waals surface area (Å²) in [4.78, 5) is 0. The van der Waals surface area contributed by atoms with Crippen LogP contribution in [-0.2, 0) is 11.0 Å². The van der Waals surface area contributed by atoms with E-state index in [-0.39, 0.29) is 11.0 Å². The molecule has 3 heterocycles. The van der Waals surface area contributed by atoms with E-state index in [0.29, 0.717) is 11.8 Å². The number of para-hydroxylation sites is 1. The standard InChI is InChI=1S/C30H33N2/c1-6-29(5)23-14-10-12-21-22-13-9-11-18(4)25(22)31-26-19-15-16-20(17-19)27(26)32(28(31)24(21)23)30(29,7-2)8-3/h7,9-14,19-20H,2,6,8,15-17H2,1,3-5H3/q+1. The van der Waals surface area contributed by atoms with Crippen molar-refractivity contribution in [1.29, 1.82) is 0 Å². The largest absolute Gasteiger partial charge is 0.296 e. The SMILES string of the molecule is C=CC1(CC)[n+]2c3c(n4c5c(C)cccc5c5cccc(c5c42)C1(C)CC)C1CCC3C1. The van der Waals surface area contributed by atoms with E-state index >= 15 is 0 Å². The highest BCUT2D eigenvalue weighted by Gasteiger charge is 2.60. The fourth-order valence-corrected chi connectivity index (χ4v) is 8.31. The minimum Gasteiger partial charge on any atom is -0.216 e. The van der Waals surface area contributed by atoms with Crippen molar-refractivity contribution in [3.05, 3.63) is 71.6 Å². The molecule has 0 spiro atoms. The molecule has 1 saturated carbocycles. The predicted octanol–water partition coefficient (Wildman–Crippen LogP) is 7.18. The Bertz CT molecular complexity index is 1490. The molecule has 162 valence electrons. The zero-order valence-electron chi connectivity index (χ0n) is 19.8. The molecule has 2 aromatic carbocycles. The Kier molecular flexibility index (Phi) is 3.45. The molecule has 0 N–H and O–H groups in total. The van der Waals surface area contributed by atoms with Gasteiger partial charge in [0.25, 0.3) is 5.65 Å². The summed E-state index contributed by atoms with van der Waals surface area (Å²) >= 11 is 0. The third kappa shape index (κ3) is 1.75. The monoisotopic (exact) mass is 421 g/mol. The van der Waals surface area contributed by atoms with Crippen molar-refractivity contribution in [3.63, 3.8) is 0 Å². The van der Waals surface area contributed by atoms with Gasteiger partial charge in [0.1, 0.15) is 11.1 Å². The summed E-state index contributed by atoms with van der Waals surface area (Å²) in [7, 11) is 0. The second-order valence-electron chi connectivity index (χ2n) is 10.8. The van der Waals surface area contributed by atoms with E-state index in [9.17, 15) is 0 Å². The molecular formula is C30H33N2+. The van der Waals surface area contributed by atoms with Crippen LogP contribution in [0.3, 0.4) is 0 Å². The van der Waals surface area contributed by atoms with E-state index in [1.807, 2.05) is 0 Å². The quantitative estimate of drug-likeness (QED) is 0.188. The van der Waals surface area contributed by atoms with Crippen molar-refractivity contribution in [2.24, 2.45) is 0 Å². The van der Waals surface area contributed by atoms with Crippen LogP contribution in [-0.4, -0.2) is 4.40 Å². The Hall–Kier alpha value is -2.61. The van der Waals surface area contributed by atoms with E-state index in [0.717, 1.165) is 12.8 Å². The summed E-state index contributed by atoms with van der Waals surface area (Å²) in [5.74, 6) is 1.39. The summed E-state index contributed by atoms with van der Waals surface area (Å²) < 4.78 is 5.54. The van der Waals surface area contributed by atoms with Gasteiger partial charge in [-0.15, -0.1) is 0 Å². The summed E-state index contributed by atoms with van der Waals surface area (Å²) in [5.41, 5.74) is 8.90. The molecule has 0 saturated heterocycles. The van der Waals surface area contributed by atoms with Crippen LogP contribution in [0, 0.1) is 6.92 Å². The number of aryl methyl sites for hydroxylation is 1. The average molecular weight is 422 g/mol. The van der Waals surface area contributed by atoms with E-state index in [2.05, 4.69) is 85.7 Å². The van der Waals surface area contributed by atoms with Crippen LogP contribution in [0.5, 0.6) is 0 Å². The maximum absolute atomic E-state index is 4.51. The van der Waals surface area contributed by atoms with Crippen LogP contribution < -0.4 is 4.57 Å². The fourth-order valence-electron chi connectivity index (χ4n) is 8.31. The van der Waals surface area contributed by atoms with Crippen molar-refractivity contribution < 1.29 is 4.57 Å². The Balaban J connectivity index is 1.88. The molecule has 2 nitrogen and oxygen atoms in total. The summed E-state index contributed by atoms with van der Waals surface area (Å²) in [6.45, 7) is 14.1. The van der Waals surface area contributed by atoms with Crippen LogP contribution in [0.15, 0.2) is 49.1 Å². The number of imidazole rings is 1. The molecule has 3 aliphatic rings. The van der Waals surface area contributed by atoms with E-state index in [1.54, 1.807) is 11.4 Å². The van der Waals surface area contributed by atoms with Crippen LogP contribution in [0.4, 0.5) is 0 Å². The lowest BCUT2D eigenvalue weighted by Crippen LogP contribution is -2.68. The summed E-state index contributed by atoms with van der Waals surface area (Å²) in [5, 5.41) is 4.30. The summed E-state index contributed by atoms with van der Waals surface area (Å²) in [6, 6.07) is 14.0. The molecule has 1 fully saturated rings. The number of hydrogen-bond donors (Lipinski definition) is 0. The van der Waals surface area contributed by atoms with Gasteiger partial charge in [0, 0.05) is 28.0 Å². The van der Waals surface area contributed by atoms with Crippen molar-refractivity contribution in [2.45, 2.75) is 82.6 Å². The number of hydrogen-bond acceptors (Lipinski definition) is 0. The lowest BCUT2D eigenvalue weighted by molar-refractivity contribution is -0.748. The molecule has 2 aromatic heterocycles. The number of fused-ring (bicyclic) bond motifs is 10. The topological polar surface area (TPSA) is 8.29 Å². The van der Waals surface area contributed by atoms with Crippen molar-refractivity contribution >= 4 is 27.3 Å². The zero-order chi connectivity index (χ0) is 22.0. The van der Waals surface area contributed by atoms with Crippen LogP contribution in [0.1, 0.15) is 87.2 Å². The lowest BCUT2D eigenvalue weighted by Gasteiger charge is -2.47. The number of nitrogens with zero attached hydrogens (tertiary/aromatic N) is 2. The molecule has 2 bridgehead atoms. The second kappa shape index (κ2) is 5.84. The van der Waals surface area contributed by atoms with Crippen LogP contribution in [0.25, 0.3) is 27.3 Å². The predicted molar refractivity (Wildman–Crippen MR) is 133 cm³/mol. The van der Waals surface area contributed by atoms with E-state index in [1.165, 1.54) is 57.7 Å². The van der Waals surface area contributed by atoms with Gasteiger partial charge in [-0.2, -0.15) is 4.40 Å². The number of allylic oxidation sites excluding steroid dienone is 1. The molecule has 0 amide bonds. The van der Waals surface area contributed by atoms with Gasteiger partial charge in [-0.1, -0.05) is 63.7 Å². The molecule has 4 unspecified atom stereocenters. The molecule has 2 aliphatic carbocycles. The molecule has 0 radical (unpaired) electrons. The van der Waals surface area contributed by atoms with Crippen LogP contribution in [0.2, 0.25) is 0 Å². The number of rotatable bonds is 3. The van der Waals surface area contributed by atoms with Gasteiger partial charge in [-0.05, 0) is 56.2 Å². The van der Waals surface area contributed by atoms with E-state index in [4.69, 9.17) is 0 Å². The van der Waals surface area contributed by atoms with Gasteiger partial charge in [0.15, 0.2) is 11.4 Å². The molecule has 4 atom stereocenters. The highest BCUT2D eigenvalue weighted by atomic mass is 15.2. The maximum atomic E-state index is 4.51. The third-order valence-electron chi connectivity index (χ3n) is 9.95. The first-order valence-electron chi connectivity index (χ1n) is 12.6. The van der Waals surface area contributed by atoms with Crippen molar-refractivity contribution in [3.8, 4) is 0 Å². The Morgan fingerprint density at radius 3 is 2.56 bits per heavy atom. The molecule has 7 rings (SSSR count). The van der Waals surface area contributed by atoms with Gasteiger partial charge in [-0.3, -0.25) is 0 Å². The van der Waals surface area contributed by atoms with Gasteiger partial charge in [0.05, 0.1) is 5.39 Å². The van der Waals surface area contributed by atoms with Crippen LogP contribution >= 0.6 is 0 Å². The molecule has 2 heteroatoms. The highest BCUT2D eigenvalue weighted by molar-refractivity contribution is 6.13. The molecular weight excluding hydrogens is 388 g/mol. The molecule has 32 heavy (non-hydrogen) atoms. The van der Waals surface area contributed by atoms with E-state index < -0.39 is 0 Å². The Labute approximate surface area is 190 Å². The fraction of sp³-hybridized carbons (Fsp3) is 0.433. The highest BCUT2D eigenvalue weighted by Crippen LogP contribution is 2.58. The first-order chi connectivity index (χ1) is 15.5. The Morgan fingerprint density at radius 1 is 1.06 bits per heavy atom. The first kappa shape index (κ1) is 18.9. The van der Waals surface area contributed by atoms with Gasteiger partial charge in [0.2, 0.25) is 0 Å². The van der Waals surface area contributed by atoms with Crippen molar-refractivity contribution in [2.75, 3.05) is 0 Å². The lowest BCUT2D eigenvalue weighted by atomic mass is 9.60. The van der Waals surface area contributed by atoms with Crippen molar-refractivity contribution in [1.82, 2.24) is 4.40 Å². The molecule has 1 aliphatic heterocycles. The number of aromatic nitrogens is 2. The minimum absolute atomic E-state index is 0.00955. The maximum Gasteiger partial charge on any atom is 0.296 e. The smallest absolute Gasteiger partial charge is 0.216 e. The zero-order valence-corrected chi connectivity index (χ0v) is 19.8. The third-order valence-corrected chi connectivity index (χ3v) is 9.95. The van der Waals surface area contributed by atoms with Gasteiger partial charge in [-0.25, -0.2) is 4.57 Å². The Morgan fingerprint density at radius 2 is 1.81 bits per heavy atom. The minimum atomic E-state index is -0.108. The normalized spacial score (nSPS) is 30.1. The average Bonchev–Trinajstić information content (AvgIpc) is 3.52. The number of benzene rings is 2. The number of pyridine rings is 1.